The molecule has 0 radical (unpaired) electrons. The molecule has 10 heteroatoms. The van der Waals surface area contributed by atoms with Crippen molar-refractivity contribution in [1.29, 1.82) is 0 Å². The molecule has 0 spiro atoms. The molecule has 0 saturated carbocycles. The first-order valence-electron chi connectivity index (χ1n) is 11.7. The molecule has 0 unspecified atom stereocenters. The van der Waals surface area contributed by atoms with E-state index in [9.17, 15) is 13.2 Å². The zero-order chi connectivity index (χ0) is 23.9. The zero-order valence-corrected chi connectivity index (χ0v) is 20.3. The van der Waals surface area contributed by atoms with Crippen molar-refractivity contribution >= 4 is 15.9 Å². The monoisotopic (exact) mass is 483 g/mol. The molecule has 2 aromatic heterocycles. The van der Waals surface area contributed by atoms with Gasteiger partial charge in [-0.1, -0.05) is 35.5 Å². The summed E-state index contributed by atoms with van der Waals surface area (Å²) in [7, 11) is -3.68. The molecule has 0 atom stereocenters. The lowest BCUT2D eigenvalue weighted by molar-refractivity contribution is -0.137. The van der Waals surface area contributed by atoms with Gasteiger partial charge in [0.25, 0.3) is 0 Å². The number of aryl methyl sites for hydroxylation is 3. The van der Waals surface area contributed by atoms with Crippen LogP contribution in [0, 0.1) is 19.8 Å². The molecule has 1 aromatic carbocycles. The molecule has 1 saturated heterocycles. The molecule has 5 rings (SSSR count). The number of nitrogens with zero attached hydrogens (tertiary/aromatic N) is 5. The maximum absolute atomic E-state index is 13.4. The minimum atomic E-state index is -3.68. The zero-order valence-electron chi connectivity index (χ0n) is 19.5. The fourth-order valence-corrected chi connectivity index (χ4v) is 6.73. The molecule has 0 N–H and O–H groups in total. The largest absolute Gasteiger partial charge is 0.360 e. The number of carbonyl (C=O) groups is 1. The highest BCUT2D eigenvalue weighted by Gasteiger charge is 2.37. The Hall–Kier alpha value is -2.98. The Morgan fingerprint density at radius 2 is 1.79 bits per heavy atom. The number of carbonyl (C=O) groups excluding carboxylic acids is 1. The summed E-state index contributed by atoms with van der Waals surface area (Å²) in [4.78, 5) is 15.4. The summed E-state index contributed by atoms with van der Waals surface area (Å²) in [5.74, 6) is 0.219. The molecule has 34 heavy (non-hydrogen) atoms. The van der Waals surface area contributed by atoms with Crippen LogP contribution in [0.25, 0.3) is 11.3 Å². The van der Waals surface area contributed by atoms with E-state index in [-0.39, 0.29) is 16.7 Å². The van der Waals surface area contributed by atoms with Crippen molar-refractivity contribution in [2.45, 2.75) is 51.1 Å². The predicted molar refractivity (Wildman–Crippen MR) is 125 cm³/mol. The van der Waals surface area contributed by atoms with E-state index in [1.54, 1.807) is 13.8 Å². The summed E-state index contributed by atoms with van der Waals surface area (Å²) in [5.41, 5.74) is 3.38. The van der Waals surface area contributed by atoms with Crippen molar-refractivity contribution in [1.82, 2.24) is 24.1 Å². The average Bonchev–Trinajstić information content (AvgIpc) is 3.34. The summed E-state index contributed by atoms with van der Waals surface area (Å²) < 4.78 is 34.7. The highest BCUT2D eigenvalue weighted by atomic mass is 32.2. The van der Waals surface area contributed by atoms with Crippen LogP contribution in [-0.4, -0.2) is 58.1 Å². The van der Waals surface area contributed by atoms with Crippen LogP contribution in [0.5, 0.6) is 0 Å². The van der Waals surface area contributed by atoms with Crippen LogP contribution >= 0.6 is 0 Å². The van der Waals surface area contributed by atoms with E-state index in [1.165, 1.54) is 4.31 Å². The molecule has 1 fully saturated rings. The third-order valence-electron chi connectivity index (χ3n) is 6.76. The van der Waals surface area contributed by atoms with Gasteiger partial charge in [0, 0.05) is 37.7 Å². The first kappa shape index (κ1) is 22.8. The van der Waals surface area contributed by atoms with Crippen LogP contribution < -0.4 is 0 Å². The number of fused-ring (bicyclic) bond motifs is 1. The fourth-order valence-electron chi connectivity index (χ4n) is 4.97. The lowest BCUT2D eigenvalue weighted by Gasteiger charge is -2.33. The normalized spacial score (nSPS) is 18.0. The van der Waals surface area contributed by atoms with Crippen LogP contribution in [0.4, 0.5) is 0 Å². The number of piperidine rings is 1. The Morgan fingerprint density at radius 1 is 1.06 bits per heavy atom. The Bertz CT molecular complexity index is 1270. The van der Waals surface area contributed by atoms with Crippen LogP contribution in [0.3, 0.4) is 0 Å². The maximum atomic E-state index is 13.4. The molecule has 1 amide bonds. The van der Waals surface area contributed by atoms with Gasteiger partial charge in [-0.05, 0) is 39.2 Å². The molecule has 0 bridgehead atoms. The van der Waals surface area contributed by atoms with Gasteiger partial charge < -0.3 is 9.42 Å². The van der Waals surface area contributed by atoms with Gasteiger partial charge in [-0.25, -0.2) is 8.42 Å². The molecular formula is C24H29N5O4S. The van der Waals surface area contributed by atoms with Crippen molar-refractivity contribution in [3.63, 3.8) is 0 Å². The van der Waals surface area contributed by atoms with Gasteiger partial charge >= 0.3 is 0 Å². The fraction of sp³-hybridized carbons (Fsp3) is 0.458. The Morgan fingerprint density at radius 3 is 2.47 bits per heavy atom. The molecule has 180 valence electrons. The average molecular weight is 484 g/mol. The number of hydrogen-bond acceptors (Lipinski definition) is 6. The molecule has 9 nitrogen and oxygen atoms in total. The van der Waals surface area contributed by atoms with E-state index >= 15 is 0 Å². The van der Waals surface area contributed by atoms with Gasteiger partial charge in [0.15, 0.2) is 5.76 Å². The first-order chi connectivity index (χ1) is 16.3. The Balaban J connectivity index is 1.26. The number of sulfonamides is 1. The van der Waals surface area contributed by atoms with E-state index in [1.807, 2.05) is 39.9 Å². The van der Waals surface area contributed by atoms with E-state index in [4.69, 9.17) is 9.62 Å². The SMILES string of the molecule is Cc1noc(C)c1S(=O)(=O)N1CCC(C(=O)N2CCCn3nc(-c4ccccc4)cc3C2)CC1. The molecule has 2 aliphatic heterocycles. The van der Waals surface area contributed by atoms with Crippen LogP contribution in [0.1, 0.15) is 36.4 Å². The standard InChI is InChI=1S/C24H29N5O4S/c1-17-23(18(2)33-26-17)34(31,32)28-13-9-20(10-14-28)24(30)27-11-6-12-29-21(16-27)15-22(25-29)19-7-4-3-5-8-19/h3-5,7-8,15,20H,6,9-14,16H2,1-2H3. The summed E-state index contributed by atoms with van der Waals surface area (Å²) >= 11 is 0. The maximum Gasteiger partial charge on any atom is 0.248 e. The van der Waals surface area contributed by atoms with E-state index in [2.05, 4.69) is 11.2 Å². The summed E-state index contributed by atoms with van der Waals surface area (Å²) in [6, 6.07) is 12.1. The van der Waals surface area contributed by atoms with Crippen molar-refractivity contribution in [2.24, 2.45) is 5.92 Å². The second-order valence-corrected chi connectivity index (χ2v) is 10.9. The lowest BCUT2D eigenvalue weighted by atomic mass is 9.96. The first-order valence-corrected chi connectivity index (χ1v) is 13.1. The lowest BCUT2D eigenvalue weighted by Crippen LogP contribution is -2.44. The number of amides is 1. The number of hydrogen-bond donors (Lipinski definition) is 0. The van der Waals surface area contributed by atoms with Crippen molar-refractivity contribution < 1.29 is 17.7 Å². The minimum Gasteiger partial charge on any atom is -0.360 e. The van der Waals surface area contributed by atoms with E-state index < -0.39 is 10.0 Å². The molecule has 3 aromatic rings. The quantitative estimate of drug-likeness (QED) is 0.565. The van der Waals surface area contributed by atoms with Crippen molar-refractivity contribution in [2.75, 3.05) is 19.6 Å². The highest BCUT2D eigenvalue weighted by Crippen LogP contribution is 2.29. The third-order valence-corrected chi connectivity index (χ3v) is 8.91. The second kappa shape index (κ2) is 8.99. The van der Waals surface area contributed by atoms with Gasteiger partial charge in [0.05, 0.1) is 17.9 Å². The predicted octanol–water partition coefficient (Wildman–Crippen LogP) is 2.99. The van der Waals surface area contributed by atoms with Gasteiger partial charge in [-0.2, -0.15) is 9.40 Å². The smallest absolute Gasteiger partial charge is 0.248 e. The molecule has 0 aliphatic carbocycles. The van der Waals surface area contributed by atoms with Crippen molar-refractivity contribution in [3.05, 3.63) is 53.5 Å². The van der Waals surface area contributed by atoms with Gasteiger partial charge in [0.2, 0.25) is 15.9 Å². The molecule has 4 heterocycles. The summed E-state index contributed by atoms with van der Waals surface area (Å²) in [6.07, 6.45) is 1.85. The topological polar surface area (TPSA) is 102 Å². The molecular weight excluding hydrogens is 454 g/mol. The Kier molecular flexibility index (Phi) is 6.03. The third kappa shape index (κ3) is 4.16. The van der Waals surface area contributed by atoms with Crippen LogP contribution in [0.2, 0.25) is 0 Å². The summed E-state index contributed by atoms with van der Waals surface area (Å²) in [5, 5.41) is 8.54. The van der Waals surface area contributed by atoms with E-state index in [0.29, 0.717) is 50.5 Å². The van der Waals surface area contributed by atoms with Crippen molar-refractivity contribution in [3.8, 4) is 11.3 Å². The summed E-state index contributed by atoms with van der Waals surface area (Å²) in [6.45, 7) is 5.85. The van der Waals surface area contributed by atoms with E-state index in [0.717, 1.165) is 29.9 Å². The second-order valence-electron chi connectivity index (χ2n) is 9.06. The highest BCUT2D eigenvalue weighted by molar-refractivity contribution is 7.89. The molecule has 2 aliphatic rings. The number of rotatable bonds is 4. The van der Waals surface area contributed by atoms with Gasteiger partial charge in [-0.15, -0.1) is 0 Å². The van der Waals surface area contributed by atoms with Gasteiger partial charge in [-0.3, -0.25) is 9.48 Å². The Labute approximate surface area is 199 Å². The number of benzene rings is 1. The number of aromatic nitrogens is 3. The minimum absolute atomic E-state index is 0.102. The van der Waals surface area contributed by atoms with Crippen LogP contribution in [-0.2, 0) is 27.9 Å². The van der Waals surface area contributed by atoms with Gasteiger partial charge in [0.1, 0.15) is 10.6 Å². The van der Waals surface area contributed by atoms with Crippen LogP contribution in [0.15, 0.2) is 45.8 Å².